The van der Waals surface area contributed by atoms with E-state index in [9.17, 15) is 10.1 Å². The van der Waals surface area contributed by atoms with Gasteiger partial charge in [-0.1, -0.05) is 11.6 Å². The van der Waals surface area contributed by atoms with Gasteiger partial charge in [-0.05, 0) is 24.6 Å². The molecule has 0 aliphatic carbocycles. The zero-order valence-corrected chi connectivity index (χ0v) is 11.3. The highest BCUT2D eigenvalue weighted by atomic mass is 35.5. The number of nitro groups is 1. The van der Waals surface area contributed by atoms with Gasteiger partial charge in [-0.3, -0.25) is 10.1 Å². The van der Waals surface area contributed by atoms with Crippen molar-refractivity contribution in [3.05, 3.63) is 56.7 Å². The molecule has 104 valence electrons. The molecule has 2 rings (SSSR count). The number of hydrogen-bond donors (Lipinski definition) is 1. The fraction of sp³-hybridized carbons (Fsp3) is 0.154. The predicted octanol–water partition coefficient (Wildman–Crippen LogP) is 3.24. The van der Waals surface area contributed by atoms with Crippen LogP contribution in [0.15, 0.2) is 30.5 Å². The molecule has 0 aliphatic rings. The summed E-state index contributed by atoms with van der Waals surface area (Å²) >= 11 is 5.95. The van der Waals surface area contributed by atoms with E-state index in [4.69, 9.17) is 21.4 Å². The first-order valence-electron chi connectivity index (χ1n) is 5.69. The number of aliphatic hydroxyl groups excluding tert-OH is 1. The maximum atomic E-state index is 10.7. The van der Waals surface area contributed by atoms with Crippen molar-refractivity contribution in [1.82, 2.24) is 4.98 Å². The molecule has 0 spiro atoms. The van der Waals surface area contributed by atoms with E-state index in [2.05, 4.69) is 4.98 Å². The fourth-order valence-electron chi connectivity index (χ4n) is 1.60. The van der Waals surface area contributed by atoms with Crippen LogP contribution in [0.2, 0.25) is 5.02 Å². The number of non-ortho nitro benzene ring substituents is 1. The highest BCUT2D eigenvalue weighted by Crippen LogP contribution is 2.33. The maximum absolute atomic E-state index is 10.7. The van der Waals surface area contributed by atoms with Crippen LogP contribution in [0.4, 0.5) is 5.69 Å². The summed E-state index contributed by atoms with van der Waals surface area (Å²) in [6.07, 6.45) is 1.47. The Hall–Kier alpha value is -2.18. The molecule has 1 N–H and O–H groups in total. The Morgan fingerprint density at radius 1 is 1.45 bits per heavy atom. The number of aryl methyl sites for hydroxylation is 1. The van der Waals surface area contributed by atoms with Crippen LogP contribution >= 0.6 is 11.6 Å². The molecule has 0 saturated heterocycles. The molecule has 1 aromatic heterocycles. The second-order valence-corrected chi connectivity index (χ2v) is 4.50. The van der Waals surface area contributed by atoms with Crippen molar-refractivity contribution in [2.24, 2.45) is 0 Å². The summed E-state index contributed by atoms with van der Waals surface area (Å²) in [5.41, 5.74) is 1.23. The van der Waals surface area contributed by atoms with E-state index in [1.807, 2.05) is 0 Å². The number of nitrogens with zero attached hydrogens (tertiary/aromatic N) is 2. The number of rotatable bonds is 4. The predicted molar refractivity (Wildman–Crippen MR) is 73.1 cm³/mol. The molecular weight excluding hydrogens is 284 g/mol. The number of pyridine rings is 1. The van der Waals surface area contributed by atoms with Crippen molar-refractivity contribution in [3.8, 4) is 11.6 Å². The zero-order chi connectivity index (χ0) is 14.7. The lowest BCUT2D eigenvalue weighted by atomic mass is 10.2. The maximum Gasteiger partial charge on any atom is 0.273 e. The van der Waals surface area contributed by atoms with Crippen molar-refractivity contribution in [2.45, 2.75) is 13.5 Å². The molecule has 6 nitrogen and oxygen atoms in total. The second-order valence-electron chi connectivity index (χ2n) is 4.10. The largest absolute Gasteiger partial charge is 0.437 e. The van der Waals surface area contributed by atoms with E-state index in [0.29, 0.717) is 11.1 Å². The van der Waals surface area contributed by atoms with Gasteiger partial charge in [0.1, 0.15) is 0 Å². The number of benzene rings is 1. The lowest BCUT2D eigenvalue weighted by molar-refractivity contribution is -0.384. The molecule has 0 bridgehead atoms. The molecule has 20 heavy (non-hydrogen) atoms. The summed E-state index contributed by atoms with van der Waals surface area (Å²) in [5.74, 6) is 0.442. The van der Waals surface area contributed by atoms with Gasteiger partial charge in [-0.25, -0.2) is 4.98 Å². The summed E-state index contributed by atoms with van der Waals surface area (Å²) in [6.45, 7) is 1.64. The molecule has 0 unspecified atom stereocenters. The Kier molecular flexibility index (Phi) is 4.16. The standard InChI is InChI=1S/C13H11ClN2O4/c1-8-4-9(7-17)6-15-13(8)20-12-5-10(16(18)19)2-3-11(12)14/h2-6,17H,7H2,1H3. The fourth-order valence-corrected chi connectivity index (χ4v) is 1.76. The molecule has 1 heterocycles. The number of halogens is 1. The van der Waals surface area contributed by atoms with Crippen LogP contribution in [0.3, 0.4) is 0 Å². The average molecular weight is 295 g/mol. The monoisotopic (exact) mass is 294 g/mol. The molecule has 0 fully saturated rings. The van der Waals surface area contributed by atoms with Crippen LogP contribution in [0.5, 0.6) is 11.6 Å². The topological polar surface area (TPSA) is 85.5 Å². The molecule has 2 aromatic rings. The van der Waals surface area contributed by atoms with Crippen LogP contribution in [-0.2, 0) is 6.61 Å². The van der Waals surface area contributed by atoms with Crippen molar-refractivity contribution < 1.29 is 14.8 Å². The molecule has 0 amide bonds. The third-order valence-electron chi connectivity index (χ3n) is 2.60. The minimum absolute atomic E-state index is 0.117. The van der Waals surface area contributed by atoms with E-state index < -0.39 is 4.92 Å². The van der Waals surface area contributed by atoms with Crippen molar-refractivity contribution >= 4 is 17.3 Å². The minimum Gasteiger partial charge on any atom is -0.437 e. The molecule has 1 aromatic carbocycles. The molecule has 0 atom stereocenters. The number of aliphatic hydroxyl groups is 1. The Morgan fingerprint density at radius 2 is 2.20 bits per heavy atom. The van der Waals surface area contributed by atoms with Gasteiger partial charge in [0, 0.05) is 17.8 Å². The lowest BCUT2D eigenvalue weighted by Crippen LogP contribution is -1.95. The molecule has 7 heteroatoms. The summed E-state index contributed by atoms with van der Waals surface area (Å²) in [5, 5.41) is 20.0. The summed E-state index contributed by atoms with van der Waals surface area (Å²) in [6, 6.07) is 5.65. The zero-order valence-electron chi connectivity index (χ0n) is 10.5. The molecular formula is C13H11ClN2O4. The van der Waals surface area contributed by atoms with Crippen LogP contribution < -0.4 is 4.74 Å². The first-order valence-corrected chi connectivity index (χ1v) is 6.07. The van der Waals surface area contributed by atoms with Crippen LogP contribution in [0.25, 0.3) is 0 Å². The normalized spacial score (nSPS) is 10.3. The third-order valence-corrected chi connectivity index (χ3v) is 2.91. The van der Waals surface area contributed by atoms with Crippen molar-refractivity contribution in [1.29, 1.82) is 0 Å². The van der Waals surface area contributed by atoms with Gasteiger partial charge in [0.25, 0.3) is 5.69 Å². The summed E-state index contributed by atoms with van der Waals surface area (Å²) in [7, 11) is 0. The van der Waals surface area contributed by atoms with Gasteiger partial charge in [0.05, 0.1) is 22.6 Å². The number of hydrogen-bond acceptors (Lipinski definition) is 5. The van der Waals surface area contributed by atoms with Crippen LogP contribution in [-0.4, -0.2) is 15.0 Å². The van der Waals surface area contributed by atoms with Gasteiger partial charge >= 0.3 is 0 Å². The Balaban J connectivity index is 2.34. The number of aromatic nitrogens is 1. The average Bonchev–Trinajstić information content (AvgIpc) is 2.42. The smallest absolute Gasteiger partial charge is 0.273 e. The highest BCUT2D eigenvalue weighted by molar-refractivity contribution is 6.32. The van der Waals surface area contributed by atoms with Gasteiger partial charge in [0.15, 0.2) is 5.75 Å². The van der Waals surface area contributed by atoms with Gasteiger partial charge < -0.3 is 9.84 Å². The van der Waals surface area contributed by atoms with Crippen LogP contribution in [0.1, 0.15) is 11.1 Å². The van der Waals surface area contributed by atoms with Gasteiger partial charge in [-0.15, -0.1) is 0 Å². The number of nitro benzene ring substituents is 1. The third kappa shape index (κ3) is 3.04. The molecule has 0 aliphatic heterocycles. The second kappa shape index (κ2) is 5.85. The number of ether oxygens (including phenoxy) is 1. The molecule has 0 saturated carbocycles. The highest BCUT2D eigenvalue weighted by Gasteiger charge is 2.13. The van der Waals surface area contributed by atoms with E-state index in [1.54, 1.807) is 13.0 Å². The quantitative estimate of drug-likeness (QED) is 0.691. The minimum atomic E-state index is -0.529. The SMILES string of the molecule is Cc1cc(CO)cnc1Oc1cc([N+](=O)[O-])ccc1Cl. The summed E-state index contributed by atoms with van der Waals surface area (Å²) in [4.78, 5) is 14.3. The first-order chi connectivity index (χ1) is 9.51. The van der Waals surface area contributed by atoms with E-state index in [-0.39, 0.29) is 28.9 Å². The van der Waals surface area contributed by atoms with Gasteiger partial charge in [0.2, 0.25) is 5.88 Å². The van der Waals surface area contributed by atoms with Crippen LogP contribution in [0, 0.1) is 17.0 Å². The lowest BCUT2D eigenvalue weighted by Gasteiger charge is -2.09. The Bertz CT molecular complexity index is 661. The van der Waals surface area contributed by atoms with Crippen molar-refractivity contribution in [2.75, 3.05) is 0 Å². The van der Waals surface area contributed by atoms with Crippen molar-refractivity contribution in [3.63, 3.8) is 0 Å². The Morgan fingerprint density at radius 3 is 2.80 bits per heavy atom. The van der Waals surface area contributed by atoms with E-state index in [1.165, 1.54) is 24.4 Å². The first kappa shape index (κ1) is 14.2. The van der Waals surface area contributed by atoms with E-state index in [0.717, 1.165) is 0 Å². The van der Waals surface area contributed by atoms with Gasteiger partial charge in [-0.2, -0.15) is 0 Å². The summed E-state index contributed by atoms with van der Waals surface area (Å²) < 4.78 is 5.50. The Labute approximate surface area is 119 Å². The van der Waals surface area contributed by atoms with E-state index >= 15 is 0 Å². The molecule has 0 radical (unpaired) electrons.